The summed E-state index contributed by atoms with van der Waals surface area (Å²) in [4.78, 5) is 12.8. The predicted molar refractivity (Wildman–Crippen MR) is 110 cm³/mol. The van der Waals surface area contributed by atoms with E-state index in [-0.39, 0.29) is 17.9 Å². The van der Waals surface area contributed by atoms with Gasteiger partial charge >= 0.3 is 6.18 Å². The van der Waals surface area contributed by atoms with Crippen LogP contribution in [0.2, 0.25) is 0 Å². The SMILES string of the molecule is Cc1ccccc1NC(=O)c1cc(F)c(-c2cc(CO)n(C)n2)cc1O[C@@H](C)C(F)(F)F. The maximum atomic E-state index is 14.9. The first-order valence-corrected chi connectivity index (χ1v) is 9.59. The molecule has 0 saturated carbocycles. The first kappa shape index (κ1) is 23.3. The average molecular weight is 451 g/mol. The number of benzene rings is 2. The van der Waals surface area contributed by atoms with Gasteiger partial charge in [-0.1, -0.05) is 18.2 Å². The fraction of sp³-hybridized carbons (Fsp3) is 0.273. The molecule has 0 spiro atoms. The Morgan fingerprint density at radius 3 is 2.53 bits per heavy atom. The third-order valence-electron chi connectivity index (χ3n) is 4.89. The van der Waals surface area contributed by atoms with Crippen LogP contribution in [0.5, 0.6) is 5.75 Å². The highest BCUT2D eigenvalue weighted by atomic mass is 19.4. The van der Waals surface area contributed by atoms with E-state index in [1.54, 1.807) is 31.2 Å². The van der Waals surface area contributed by atoms with Crippen molar-refractivity contribution in [1.29, 1.82) is 0 Å². The molecule has 0 aliphatic heterocycles. The Hall–Kier alpha value is -3.40. The Kier molecular flexibility index (Phi) is 6.54. The van der Waals surface area contributed by atoms with Gasteiger partial charge in [-0.2, -0.15) is 18.3 Å². The van der Waals surface area contributed by atoms with Gasteiger partial charge in [0.05, 0.1) is 23.6 Å². The second kappa shape index (κ2) is 8.99. The smallest absolute Gasteiger partial charge is 0.425 e. The molecule has 1 atom stereocenters. The highest BCUT2D eigenvalue weighted by Crippen LogP contribution is 2.34. The normalized spacial score (nSPS) is 12.5. The standard InChI is InChI=1S/C22H21F4N3O3/c1-12-6-4-5-7-18(12)27-21(31)16-9-17(23)15(19-8-14(11-30)29(3)28-19)10-20(16)32-13(2)22(24,25)26/h4-10,13,30H,11H2,1-3H3,(H,27,31)/t13-/m0/s1. The third-order valence-corrected chi connectivity index (χ3v) is 4.89. The zero-order valence-corrected chi connectivity index (χ0v) is 17.5. The monoisotopic (exact) mass is 451 g/mol. The van der Waals surface area contributed by atoms with Crippen molar-refractivity contribution in [2.24, 2.45) is 7.05 Å². The Morgan fingerprint density at radius 1 is 1.25 bits per heavy atom. The van der Waals surface area contributed by atoms with E-state index in [0.717, 1.165) is 19.1 Å². The van der Waals surface area contributed by atoms with Crippen LogP contribution >= 0.6 is 0 Å². The molecule has 0 unspecified atom stereocenters. The number of ether oxygens (including phenoxy) is 1. The van der Waals surface area contributed by atoms with Crippen LogP contribution in [-0.2, 0) is 13.7 Å². The molecule has 10 heteroatoms. The number of nitrogens with one attached hydrogen (secondary N) is 1. The van der Waals surface area contributed by atoms with Crippen LogP contribution in [0, 0.1) is 12.7 Å². The van der Waals surface area contributed by atoms with Gasteiger partial charge in [-0.25, -0.2) is 4.39 Å². The number of anilines is 1. The largest absolute Gasteiger partial charge is 0.480 e. The molecule has 0 radical (unpaired) electrons. The number of alkyl halides is 3. The van der Waals surface area contributed by atoms with E-state index in [1.165, 1.54) is 17.8 Å². The number of amides is 1. The van der Waals surface area contributed by atoms with Crippen LogP contribution in [0.3, 0.4) is 0 Å². The van der Waals surface area contributed by atoms with Crippen molar-refractivity contribution in [3.05, 3.63) is 65.1 Å². The molecule has 0 bridgehead atoms. The van der Waals surface area contributed by atoms with Crippen molar-refractivity contribution in [2.45, 2.75) is 32.7 Å². The molecule has 1 heterocycles. The Labute approximate surface area is 181 Å². The summed E-state index contributed by atoms with van der Waals surface area (Å²) < 4.78 is 60.7. The Bertz CT molecular complexity index is 1140. The molecule has 2 aromatic carbocycles. The zero-order chi connectivity index (χ0) is 23.6. The average Bonchev–Trinajstić information content (AvgIpc) is 3.10. The lowest BCUT2D eigenvalue weighted by Gasteiger charge is -2.20. The lowest BCUT2D eigenvalue weighted by molar-refractivity contribution is -0.189. The minimum Gasteiger partial charge on any atom is -0.480 e. The summed E-state index contributed by atoms with van der Waals surface area (Å²) in [6.07, 6.45) is -6.95. The summed E-state index contributed by atoms with van der Waals surface area (Å²) in [6.45, 7) is 2.16. The fourth-order valence-corrected chi connectivity index (χ4v) is 2.97. The number of aliphatic hydroxyl groups excluding tert-OH is 1. The highest BCUT2D eigenvalue weighted by molar-refractivity contribution is 6.07. The van der Waals surface area contributed by atoms with E-state index >= 15 is 0 Å². The van der Waals surface area contributed by atoms with Gasteiger partial charge in [0, 0.05) is 18.3 Å². The first-order chi connectivity index (χ1) is 15.0. The lowest BCUT2D eigenvalue weighted by atomic mass is 10.1. The van der Waals surface area contributed by atoms with Crippen LogP contribution in [0.15, 0.2) is 42.5 Å². The topological polar surface area (TPSA) is 76.4 Å². The van der Waals surface area contributed by atoms with Crippen LogP contribution in [0.25, 0.3) is 11.3 Å². The zero-order valence-electron chi connectivity index (χ0n) is 17.5. The number of hydrogen-bond donors (Lipinski definition) is 2. The Balaban J connectivity index is 2.07. The summed E-state index contributed by atoms with van der Waals surface area (Å²) in [5.41, 5.74) is 1.01. The van der Waals surface area contributed by atoms with Gasteiger partial charge in [-0.05, 0) is 43.7 Å². The summed E-state index contributed by atoms with van der Waals surface area (Å²) in [5, 5.41) is 16.0. The van der Waals surface area contributed by atoms with Crippen LogP contribution in [0.4, 0.5) is 23.2 Å². The third kappa shape index (κ3) is 4.91. The van der Waals surface area contributed by atoms with Crippen molar-refractivity contribution in [1.82, 2.24) is 9.78 Å². The molecule has 1 amide bonds. The van der Waals surface area contributed by atoms with Gasteiger partial charge in [0.25, 0.3) is 5.91 Å². The van der Waals surface area contributed by atoms with Crippen LogP contribution < -0.4 is 10.1 Å². The van der Waals surface area contributed by atoms with Crippen molar-refractivity contribution in [3.63, 3.8) is 0 Å². The van der Waals surface area contributed by atoms with E-state index in [0.29, 0.717) is 16.9 Å². The Morgan fingerprint density at radius 2 is 1.94 bits per heavy atom. The molecule has 0 aliphatic carbocycles. The van der Waals surface area contributed by atoms with E-state index in [2.05, 4.69) is 10.4 Å². The summed E-state index contributed by atoms with van der Waals surface area (Å²) in [6, 6.07) is 10.00. The van der Waals surface area contributed by atoms with E-state index in [4.69, 9.17) is 4.74 Å². The fourth-order valence-electron chi connectivity index (χ4n) is 2.97. The number of nitrogens with zero attached hydrogens (tertiary/aromatic N) is 2. The number of carbonyl (C=O) groups is 1. The van der Waals surface area contributed by atoms with Gasteiger partial charge in [0.15, 0.2) is 6.10 Å². The number of para-hydroxylation sites is 1. The quantitative estimate of drug-likeness (QED) is 0.537. The maximum absolute atomic E-state index is 14.9. The number of rotatable bonds is 6. The van der Waals surface area contributed by atoms with Crippen molar-refractivity contribution in [3.8, 4) is 17.0 Å². The maximum Gasteiger partial charge on any atom is 0.425 e. The van der Waals surface area contributed by atoms with E-state index < -0.39 is 35.3 Å². The number of hydrogen-bond acceptors (Lipinski definition) is 4. The molecule has 0 fully saturated rings. The summed E-state index contributed by atoms with van der Waals surface area (Å²) in [7, 11) is 1.53. The minimum absolute atomic E-state index is 0.0735. The van der Waals surface area contributed by atoms with Gasteiger partial charge in [0.1, 0.15) is 11.6 Å². The lowest BCUT2D eigenvalue weighted by Crippen LogP contribution is -2.32. The molecular formula is C22H21F4N3O3. The number of aromatic nitrogens is 2. The van der Waals surface area contributed by atoms with Gasteiger partial charge in [0.2, 0.25) is 0 Å². The molecule has 32 heavy (non-hydrogen) atoms. The van der Waals surface area contributed by atoms with Crippen molar-refractivity contribution >= 4 is 11.6 Å². The minimum atomic E-state index is -4.70. The van der Waals surface area contributed by atoms with Gasteiger partial charge in [-0.3, -0.25) is 9.48 Å². The van der Waals surface area contributed by atoms with Crippen LogP contribution in [0.1, 0.15) is 28.5 Å². The second-order valence-corrected chi connectivity index (χ2v) is 7.20. The molecule has 3 rings (SSSR count). The van der Waals surface area contributed by atoms with E-state index in [1.807, 2.05) is 0 Å². The highest BCUT2D eigenvalue weighted by Gasteiger charge is 2.39. The predicted octanol–water partition coefficient (Wildman–Crippen LogP) is 4.61. The van der Waals surface area contributed by atoms with Crippen molar-refractivity contribution < 1.29 is 32.2 Å². The summed E-state index contributed by atoms with van der Waals surface area (Å²) in [5.74, 6) is -2.16. The van der Waals surface area contributed by atoms with E-state index in [9.17, 15) is 27.5 Å². The van der Waals surface area contributed by atoms with Crippen LogP contribution in [-0.4, -0.2) is 33.1 Å². The number of aliphatic hydroxyl groups is 1. The number of halogens is 4. The molecule has 6 nitrogen and oxygen atoms in total. The molecule has 0 saturated heterocycles. The number of carbonyl (C=O) groups excluding carboxylic acids is 1. The number of aryl methyl sites for hydroxylation is 2. The molecule has 2 N–H and O–H groups in total. The van der Waals surface area contributed by atoms with Crippen molar-refractivity contribution in [2.75, 3.05) is 5.32 Å². The molecular weight excluding hydrogens is 430 g/mol. The molecule has 0 aliphatic rings. The summed E-state index contributed by atoms with van der Waals surface area (Å²) >= 11 is 0. The second-order valence-electron chi connectivity index (χ2n) is 7.20. The molecule has 3 aromatic rings. The van der Waals surface area contributed by atoms with Gasteiger partial charge in [-0.15, -0.1) is 0 Å². The van der Waals surface area contributed by atoms with Gasteiger partial charge < -0.3 is 15.2 Å². The molecule has 170 valence electrons. The first-order valence-electron chi connectivity index (χ1n) is 9.59. The molecule has 1 aromatic heterocycles.